The zero-order valence-electron chi connectivity index (χ0n) is 7.46. The van der Waals surface area contributed by atoms with Crippen LogP contribution in [0, 0.1) is 0 Å². The summed E-state index contributed by atoms with van der Waals surface area (Å²) in [5.74, 6) is 0.778. The minimum Gasteiger partial charge on any atom is -0.477 e. The first-order chi connectivity index (χ1) is 6.83. The van der Waals surface area contributed by atoms with E-state index in [2.05, 4.69) is 11.1 Å². The predicted molar refractivity (Wildman–Crippen MR) is 56.0 cm³/mol. The number of hydrogen-bond donors (Lipinski definition) is 0. The number of fused-ring (bicyclic) bond motifs is 2. The van der Waals surface area contributed by atoms with E-state index in [9.17, 15) is 0 Å². The van der Waals surface area contributed by atoms with Crippen LogP contribution in [0.15, 0.2) is 24.3 Å². The van der Waals surface area contributed by atoms with Gasteiger partial charge in [-0.15, -0.1) is 0 Å². The first-order valence-electron chi connectivity index (χ1n) is 4.55. The number of ether oxygens (including phenoxy) is 1. The number of aromatic nitrogens is 1. The van der Waals surface area contributed by atoms with E-state index in [-0.39, 0.29) is 0 Å². The van der Waals surface area contributed by atoms with E-state index in [0.29, 0.717) is 0 Å². The van der Waals surface area contributed by atoms with Gasteiger partial charge in [0, 0.05) is 22.4 Å². The molecule has 0 saturated heterocycles. The Hall–Kier alpha value is -1.28. The second-order valence-electron chi connectivity index (χ2n) is 3.39. The quantitative estimate of drug-likeness (QED) is 0.660. The number of nitrogens with zero attached hydrogens (tertiary/aromatic N) is 1. The van der Waals surface area contributed by atoms with Crippen LogP contribution in [-0.4, -0.2) is 11.6 Å². The third-order valence-corrected chi connectivity index (χ3v) is 2.66. The van der Waals surface area contributed by atoms with Gasteiger partial charge in [-0.1, -0.05) is 11.6 Å². The molecule has 3 heteroatoms. The van der Waals surface area contributed by atoms with Gasteiger partial charge in [-0.25, -0.2) is 4.98 Å². The third-order valence-electron chi connectivity index (χ3n) is 2.43. The van der Waals surface area contributed by atoms with Crippen LogP contribution in [0.5, 0.6) is 5.88 Å². The van der Waals surface area contributed by atoms with Crippen molar-refractivity contribution in [2.24, 2.45) is 0 Å². The van der Waals surface area contributed by atoms with Crippen LogP contribution >= 0.6 is 11.6 Å². The summed E-state index contributed by atoms with van der Waals surface area (Å²) in [6.07, 6.45) is 0.949. The van der Waals surface area contributed by atoms with Crippen molar-refractivity contribution in [3.8, 4) is 5.88 Å². The molecule has 1 aromatic carbocycles. The molecule has 1 aliphatic heterocycles. The number of hydrogen-bond acceptors (Lipinski definition) is 2. The van der Waals surface area contributed by atoms with Gasteiger partial charge in [0.15, 0.2) is 0 Å². The summed E-state index contributed by atoms with van der Waals surface area (Å²) in [5, 5.41) is 1.83. The molecular weight excluding hydrogens is 198 g/mol. The minimum absolute atomic E-state index is 0.742. The van der Waals surface area contributed by atoms with Gasteiger partial charge in [0.1, 0.15) is 0 Å². The minimum atomic E-state index is 0.742. The van der Waals surface area contributed by atoms with E-state index in [1.165, 1.54) is 5.56 Å². The molecule has 2 heterocycles. The standard InChI is InChI=1S/C11H8ClNO/c12-9-1-2-10-8(6-9)5-7-3-4-14-11(7)13-10/h1-2,5-6H,3-4H2. The molecule has 0 radical (unpaired) electrons. The molecule has 1 aromatic heterocycles. The summed E-state index contributed by atoms with van der Waals surface area (Å²) in [4.78, 5) is 4.42. The molecule has 0 aliphatic carbocycles. The van der Waals surface area contributed by atoms with Gasteiger partial charge in [-0.05, 0) is 24.3 Å². The Morgan fingerprint density at radius 1 is 1.29 bits per heavy atom. The average molecular weight is 206 g/mol. The normalized spacial score (nSPS) is 14.1. The molecule has 0 saturated carbocycles. The van der Waals surface area contributed by atoms with Gasteiger partial charge >= 0.3 is 0 Å². The lowest BCUT2D eigenvalue weighted by Gasteiger charge is -2.01. The summed E-state index contributed by atoms with van der Waals surface area (Å²) in [5.41, 5.74) is 2.12. The zero-order chi connectivity index (χ0) is 9.54. The van der Waals surface area contributed by atoms with Gasteiger partial charge in [-0.2, -0.15) is 0 Å². The fourth-order valence-corrected chi connectivity index (χ4v) is 1.92. The highest BCUT2D eigenvalue weighted by Crippen LogP contribution is 2.28. The van der Waals surface area contributed by atoms with Crippen LogP contribution in [0.2, 0.25) is 5.02 Å². The molecule has 0 atom stereocenters. The molecule has 2 nitrogen and oxygen atoms in total. The van der Waals surface area contributed by atoms with Gasteiger partial charge in [0.05, 0.1) is 12.1 Å². The average Bonchev–Trinajstić information content (AvgIpc) is 2.61. The third kappa shape index (κ3) is 1.15. The highest BCUT2D eigenvalue weighted by molar-refractivity contribution is 6.31. The molecule has 1 aliphatic rings. The lowest BCUT2D eigenvalue weighted by Crippen LogP contribution is -1.88. The van der Waals surface area contributed by atoms with Gasteiger partial charge < -0.3 is 4.74 Å². The Balaban J connectivity index is 2.33. The van der Waals surface area contributed by atoms with Crippen LogP contribution in [0.3, 0.4) is 0 Å². The highest BCUT2D eigenvalue weighted by Gasteiger charge is 2.14. The maximum Gasteiger partial charge on any atom is 0.217 e. The van der Waals surface area contributed by atoms with Crippen molar-refractivity contribution < 1.29 is 4.74 Å². The van der Waals surface area contributed by atoms with Crippen LogP contribution in [0.1, 0.15) is 5.56 Å². The SMILES string of the molecule is Clc1ccc2nc3c(cc2c1)CCO3. The molecular formula is C11H8ClNO. The van der Waals surface area contributed by atoms with Crippen molar-refractivity contribution >= 4 is 22.5 Å². The summed E-state index contributed by atoms with van der Waals surface area (Å²) in [7, 11) is 0. The molecule has 0 amide bonds. The van der Waals surface area contributed by atoms with Crippen LogP contribution < -0.4 is 4.74 Å². The smallest absolute Gasteiger partial charge is 0.217 e. The van der Waals surface area contributed by atoms with Crippen molar-refractivity contribution in [2.75, 3.05) is 6.61 Å². The van der Waals surface area contributed by atoms with E-state index >= 15 is 0 Å². The van der Waals surface area contributed by atoms with Crippen molar-refractivity contribution in [2.45, 2.75) is 6.42 Å². The Morgan fingerprint density at radius 2 is 2.21 bits per heavy atom. The largest absolute Gasteiger partial charge is 0.477 e. The Morgan fingerprint density at radius 3 is 3.14 bits per heavy atom. The summed E-state index contributed by atoms with van der Waals surface area (Å²) in [6, 6.07) is 7.80. The van der Waals surface area contributed by atoms with Crippen molar-refractivity contribution in [3.63, 3.8) is 0 Å². The summed E-state index contributed by atoms with van der Waals surface area (Å²) >= 11 is 5.91. The van der Waals surface area contributed by atoms with Gasteiger partial charge in [0.2, 0.25) is 5.88 Å². The molecule has 3 rings (SSSR count). The highest BCUT2D eigenvalue weighted by atomic mass is 35.5. The topological polar surface area (TPSA) is 22.1 Å². The van der Waals surface area contributed by atoms with Crippen LogP contribution in [0.25, 0.3) is 10.9 Å². The number of benzene rings is 1. The fourth-order valence-electron chi connectivity index (χ4n) is 1.74. The van der Waals surface area contributed by atoms with E-state index in [4.69, 9.17) is 16.3 Å². The van der Waals surface area contributed by atoms with E-state index in [1.807, 2.05) is 18.2 Å². The van der Waals surface area contributed by atoms with Crippen LogP contribution in [0.4, 0.5) is 0 Å². The molecule has 14 heavy (non-hydrogen) atoms. The lowest BCUT2D eigenvalue weighted by molar-refractivity contribution is 0.346. The number of pyridine rings is 1. The molecule has 0 spiro atoms. The van der Waals surface area contributed by atoms with Crippen LogP contribution in [-0.2, 0) is 6.42 Å². The fraction of sp³-hybridized carbons (Fsp3) is 0.182. The van der Waals surface area contributed by atoms with Crippen molar-refractivity contribution in [1.29, 1.82) is 0 Å². The maximum absolute atomic E-state index is 5.91. The van der Waals surface area contributed by atoms with E-state index in [0.717, 1.165) is 34.8 Å². The molecule has 0 N–H and O–H groups in total. The predicted octanol–water partition coefficient (Wildman–Crippen LogP) is 2.82. The molecule has 0 unspecified atom stereocenters. The van der Waals surface area contributed by atoms with Crippen molar-refractivity contribution in [3.05, 3.63) is 34.9 Å². The molecule has 2 aromatic rings. The molecule has 70 valence electrons. The van der Waals surface area contributed by atoms with Gasteiger partial charge in [-0.3, -0.25) is 0 Å². The second-order valence-corrected chi connectivity index (χ2v) is 3.82. The zero-order valence-corrected chi connectivity index (χ0v) is 8.21. The number of halogens is 1. The molecule has 0 fully saturated rings. The van der Waals surface area contributed by atoms with E-state index < -0.39 is 0 Å². The van der Waals surface area contributed by atoms with Gasteiger partial charge in [0.25, 0.3) is 0 Å². The second kappa shape index (κ2) is 2.85. The summed E-state index contributed by atoms with van der Waals surface area (Å²) < 4.78 is 5.39. The summed E-state index contributed by atoms with van der Waals surface area (Å²) in [6.45, 7) is 0.742. The Kier molecular flexibility index (Phi) is 1.64. The first kappa shape index (κ1) is 8.06. The van der Waals surface area contributed by atoms with E-state index in [1.54, 1.807) is 0 Å². The number of rotatable bonds is 0. The maximum atomic E-state index is 5.91. The molecule has 0 bridgehead atoms. The first-order valence-corrected chi connectivity index (χ1v) is 4.93. The lowest BCUT2D eigenvalue weighted by atomic mass is 10.1. The monoisotopic (exact) mass is 205 g/mol. The Bertz CT molecular complexity index is 510. The van der Waals surface area contributed by atoms with Crippen molar-refractivity contribution in [1.82, 2.24) is 4.98 Å². The Labute approximate surface area is 86.5 Å².